The minimum atomic E-state index is -0.726. The second-order valence-corrected chi connectivity index (χ2v) is 8.25. The topological polar surface area (TPSA) is 138 Å². The third-order valence-electron chi connectivity index (χ3n) is 5.84. The Bertz CT molecular complexity index is 965. The minimum Gasteiger partial charge on any atom is -0.488 e. The Morgan fingerprint density at radius 2 is 2.21 bits per heavy atom. The zero-order valence-electron chi connectivity index (χ0n) is 19.2. The molecule has 0 spiro atoms. The van der Waals surface area contributed by atoms with Gasteiger partial charge < -0.3 is 29.4 Å². The van der Waals surface area contributed by atoms with Gasteiger partial charge in [0.25, 0.3) is 0 Å². The van der Waals surface area contributed by atoms with Gasteiger partial charge in [0.15, 0.2) is 0 Å². The maximum atomic E-state index is 11.8. The summed E-state index contributed by atoms with van der Waals surface area (Å²) in [5.41, 5.74) is 1.75. The standard InChI is InChI=1S/C22H31N5O6/c1-15-19(33-16-5-4-8-22(11-16,13-28)14-29)7-6-17(24-15)20-18(27(2)26-25-20)12-23-21(30)32-10-9-31-3/h6-7,13,16,29H,4-5,8-12,14H2,1-3H3,(H,23,30)/t16-,22?/m0/s1. The van der Waals surface area contributed by atoms with Crippen LogP contribution in [0.2, 0.25) is 0 Å². The van der Waals surface area contributed by atoms with Crippen LogP contribution >= 0.6 is 0 Å². The molecule has 2 aromatic heterocycles. The molecular weight excluding hydrogens is 430 g/mol. The molecule has 1 unspecified atom stereocenters. The van der Waals surface area contributed by atoms with Crippen molar-refractivity contribution in [3.63, 3.8) is 0 Å². The molecule has 2 atom stereocenters. The van der Waals surface area contributed by atoms with Crippen molar-refractivity contribution < 1.29 is 28.9 Å². The molecule has 0 bridgehead atoms. The summed E-state index contributed by atoms with van der Waals surface area (Å²) >= 11 is 0. The lowest BCUT2D eigenvalue weighted by molar-refractivity contribution is -0.122. The van der Waals surface area contributed by atoms with E-state index >= 15 is 0 Å². The van der Waals surface area contributed by atoms with Crippen molar-refractivity contribution in [3.05, 3.63) is 23.5 Å². The highest BCUT2D eigenvalue weighted by atomic mass is 16.6. The molecule has 1 fully saturated rings. The minimum absolute atomic E-state index is 0.161. The molecule has 2 aromatic rings. The summed E-state index contributed by atoms with van der Waals surface area (Å²) in [4.78, 5) is 28.0. The zero-order valence-corrected chi connectivity index (χ0v) is 19.2. The van der Waals surface area contributed by atoms with E-state index in [0.29, 0.717) is 48.0 Å². The van der Waals surface area contributed by atoms with E-state index in [1.54, 1.807) is 17.8 Å². The van der Waals surface area contributed by atoms with Crippen molar-refractivity contribution in [2.24, 2.45) is 12.5 Å². The number of alkyl carbamates (subject to hydrolysis) is 1. The van der Waals surface area contributed by atoms with Gasteiger partial charge in [-0.1, -0.05) is 5.21 Å². The third-order valence-corrected chi connectivity index (χ3v) is 5.84. The Labute approximate surface area is 192 Å². The third kappa shape index (κ3) is 6.05. The summed E-state index contributed by atoms with van der Waals surface area (Å²) in [7, 11) is 3.26. The molecule has 0 radical (unpaired) electrons. The fourth-order valence-corrected chi connectivity index (χ4v) is 3.91. The monoisotopic (exact) mass is 461 g/mol. The first kappa shape index (κ1) is 24.6. The number of hydrogen-bond acceptors (Lipinski definition) is 9. The van der Waals surface area contributed by atoms with E-state index in [0.717, 1.165) is 19.1 Å². The number of aromatic nitrogens is 4. The molecule has 11 heteroatoms. The van der Waals surface area contributed by atoms with Gasteiger partial charge in [-0.05, 0) is 44.7 Å². The van der Waals surface area contributed by atoms with Crippen LogP contribution in [0.4, 0.5) is 4.79 Å². The SMILES string of the molecule is COCCOC(=O)NCc1c(-c2ccc(O[C@H]3CCCC(C=O)(CO)C3)c(C)n2)nnn1C. The number of pyridine rings is 1. The molecule has 1 aliphatic carbocycles. The maximum Gasteiger partial charge on any atom is 0.407 e. The molecular formula is C22H31N5O6. The first-order valence-electron chi connectivity index (χ1n) is 10.9. The van der Waals surface area contributed by atoms with Crippen LogP contribution in [-0.4, -0.2) is 70.5 Å². The lowest BCUT2D eigenvalue weighted by Crippen LogP contribution is -2.38. The molecule has 1 aliphatic rings. The average Bonchev–Trinajstić information content (AvgIpc) is 3.19. The van der Waals surface area contributed by atoms with Gasteiger partial charge in [0.05, 0.1) is 48.4 Å². The number of nitrogens with one attached hydrogen (secondary N) is 1. The largest absolute Gasteiger partial charge is 0.488 e. The number of rotatable bonds is 10. The molecule has 0 aliphatic heterocycles. The normalized spacial score (nSPS) is 20.3. The number of carbonyl (C=O) groups excluding carboxylic acids is 2. The van der Waals surface area contributed by atoms with E-state index in [1.807, 2.05) is 13.0 Å². The molecule has 0 aromatic carbocycles. The van der Waals surface area contributed by atoms with Gasteiger partial charge >= 0.3 is 6.09 Å². The van der Waals surface area contributed by atoms with Crippen LogP contribution in [0.25, 0.3) is 11.4 Å². The van der Waals surface area contributed by atoms with Crippen molar-refractivity contribution >= 4 is 12.4 Å². The highest BCUT2D eigenvalue weighted by Gasteiger charge is 2.37. The average molecular weight is 462 g/mol. The van der Waals surface area contributed by atoms with E-state index in [2.05, 4.69) is 20.6 Å². The number of aldehydes is 1. The van der Waals surface area contributed by atoms with Gasteiger partial charge in [-0.3, -0.25) is 0 Å². The summed E-state index contributed by atoms with van der Waals surface area (Å²) in [6, 6.07) is 3.60. The molecule has 2 N–H and O–H groups in total. The van der Waals surface area contributed by atoms with E-state index in [1.165, 1.54) is 7.11 Å². The van der Waals surface area contributed by atoms with Gasteiger partial charge in [-0.2, -0.15) is 0 Å². The van der Waals surface area contributed by atoms with Crippen molar-refractivity contribution in [2.45, 2.75) is 45.3 Å². The fourth-order valence-electron chi connectivity index (χ4n) is 3.91. The predicted octanol–water partition coefficient (Wildman–Crippen LogP) is 1.56. The van der Waals surface area contributed by atoms with Crippen molar-refractivity contribution in [1.29, 1.82) is 0 Å². The molecule has 2 heterocycles. The molecule has 1 saturated carbocycles. The molecule has 1 amide bonds. The predicted molar refractivity (Wildman–Crippen MR) is 118 cm³/mol. The van der Waals surface area contributed by atoms with Crippen molar-refractivity contribution in [1.82, 2.24) is 25.3 Å². The molecule has 0 saturated heterocycles. The number of carbonyl (C=O) groups is 2. The number of amides is 1. The van der Waals surface area contributed by atoms with E-state index in [9.17, 15) is 14.7 Å². The number of aryl methyl sites for hydroxylation is 2. The van der Waals surface area contributed by atoms with Crippen LogP contribution in [0.5, 0.6) is 5.75 Å². The first-order valence-corrected chi connectivity index (χ1v) is 10.9. The van der Waals surface area contributed by atoms with Gasteiger partial charge in [0.2, 0.25) is 0 Å². The van der Waals surface area contributed by atoms with Crippen LogP contribution < -0.4 is 10.1 Å². The van der Waals surface area contributed by atoms with E-state index in [4.69, 9.17) is 14.2 Å². The summed E-state index contributed by atoms with van der Waals surface area (Å²) in [6.45, 7) is 2.31. The van der Waals surface area contributed by atoms with Crippen LogP contribution in [0.3, 0.4) is 0 Å². The maximum absolute atomic E-state index is 11.8. The summed E-state index contributed by atoms with van der Waals surface area (Å²) in [6.07, 6.45) is 2.92. The fraction of sp³-hybridized carbons (Fsp3) is 0.591. The lowest BCUT2D eigenvalue weighted by Gasteiger charge is -2.35. The Morgan fingerprint density at radius 1 is 1.39 bits per heavy atom. The number of hydrogen-bond donors (Lipinski definition) is 2. The first-order chi connectivity index (χ1) is 15.9. The molecule has 3 rings (SSSR count). The summed E-state index contributed by atoms with van der Waals surface area (Å²) < 4.78 is 17.6. The van der Waals surface area contributed by atoms with Crippen LogP contribution in [-0.2, 0) is 27.9 Å². The summed E-state index contributed by atoms with van der Waals surface area (Å²) in [5.74, 6) is 0.619. The number of nitrogens with zero attached hydrogens (tertiary/aromatic N) is 4. The lowest BCUT2D eigenvalue weighted by atomic mass is 9.74. The second-order valence-electron chi connectivity index (χ2n) is 8.25. The number of aliphatic hydroxyl groups excluding tert-OH is 1. The Morgan fingerprint density at radius 3 is 2.91 bits per heavy atom. The van der Waals surface area contributed by atoms with Crippen LogP contribution in [0, 0.1) is 12.3 Å². The van der Waals surface area contributed by atoms with Crippen molar-refractivity contribution in [2.75, 3.05) is 26.9 Å². The second kappa shape index (κ2) is 11.2. The van der Waals surface area contributed by atoms with Crippen LogP contribution in [0.1, 0.15) is 37.1 Å². The molecule has 11 nitrogen and oxygen atoms in total. The van der Waals surface area contributed by atoms with Gasteiger partial charge in [-0.15, -0.1) is 5.10 Å². The van der Waals surface area contributed by atoms with E-state index < -0.39 is 11.5 Å². The Kier molecular flexibility index (Phi) is 8.34. The molecule has 33 heavy (non-hydrogen) atoms. The quantitative estimate of drug-likeness (QED) is 0.399. The van der Waals surface area contributed by atoms with Gasteiger partial charge in [0.1, 0.15) is 24.3 Å². The van der Waals surface area contributed by atoms with Crippen molar-refractivity contribution in [3.8, 4) is 17.1 Å². The Hall–Kier alpha value is -3.05. The summed E-state index contributed by atoms with van der Waals surface area (Å²) in [5, 5.41) is 20.6. The number of methoxy groups -OCH3 is 1. The number of ether oxygens (including phenoxy) is 3. The zero-order chi connectivity index (χ0) is 23.8. The number of aliphatic hydroxyl groups is 1. The van der Waals surface area contributed by atoms with E-state index in [-0.39, 0.29) is 25.9 Å². The van der Waals surface area contributed by atoms with Crippen LogP contribution in [0.15, 0.2) is 12.1 Å². The van der Waals surface area contributed by atoms with Gasteiger partial charge in [0, 0.05) is 14.2 Å². The van der Waals surface area contributed by atoms with Gasteiger partial charge in [-0.25, -0.2) is 14.5 Å². The highest BCUT2D eigenvalue weighted by Crippen LogP contribution is 2.36. The smallest absolute Gasteiger partial charge is 0.407 e. The highest BCUT2D eigenvalue weighted by molar-refractivity contribution is 5.68. The Balaban J connectivity index is 1.69. The molecule has 180 valence electrons.